The number of aliphatic hydroxyl groups is 3. The van der Waals surface area contributed by atoms with Crippen molar-refractivity contribution in [3.8, 4) is 0 Å². The molecule has 1 aliphatic heterocycles. The van der Waals surface area contributed by atoms with Crippen LogP contribution >= 0.6 is 0 Å². The topological polar surface area (TPSA) is 181 Å². The summed E-state index contributed by atoms with van der Waals surface area (Å²) in [7, 11) is 0. The van der Waals surface area contributed by atoms with Gasteiger partial charge in [-0.25, -0.2) is 15.2 Å². The van der Waals surface area contributed by atoms with Crippen molar-refractivity contribution in [3.63, 3.8) is 0 Å². The van der Waals surface area contributed by atoms with E-state index in [1.807, 2.05) is 0 Å². The lowest BCUT2D eigenvalue weighted by Crippen LogP contribution is -2.99. The number of rotatable bonds is 4. The van der Waals surface area contributed by atoms with Gasteiger partial charge >= 0.3 is 0 Å². The maximum atomic E-state index is 11.1. The molecule has 1 aliphatic rings. The maximum absolute atomic E-state index is 11.1. The molecule has 0 aliphatic carbocycles. The molecule has 0 aromatic carbocycles. The first-order valence-corrected chi connectivity index (χ1v) is 5.68. The van der Waals surface area contributed by atoms with E-state index in [4.69, 9.17) is 20.8 Å². The lowest BCUT2D eigenvalue weighted by molar-refractivity contribution is -0.990. The lowest BCUT2D eigenvalue weighted by Gasteiger charge is -2.20. The van der Waals surface area contributed by atoms with Gasteiger partial charge in [-0.15, -0.1) is 0 Å². The SMILES string of the molecule is Nc1ncnc(N[C@@H]2O[C@H](CO)[C@@H](O)[C@H]2O)c1[NH+]([O-])O. The Morgan fingerprint density at radius 1 is 1.40 bits per heavy atom. The molecule has 0 spiro atoms. The van der Waals surface area contributed by atoms with Crippen LogP contribution in [0.5, 0.6) is 0 Å². The normalized spacial score (nSPS) is 31.2. The van der Waals surface area contributed by atoms with Crippen LogP contribution in [0.15, 0.2) is 6.33 Å². The number of nitrogens with zero attached hydrogens (tertiary/aromatic N) is 2. The molecule has 0 saturated carbocycles. The molecule has 20 heavy (non-hydrogen) atoms. The van der Waals surface area contributed by atoms with E-state index >= 15 is 0 Å². The highest BCUT2D eigenvalue weighted by atomic mass is 16.8. The molecule has 11 heteroatoms. The summed E-state index contributed by atoms with van der Waals surface area (Å²) in [5.41, 5.74) is 5.08. The number of nitrogens with one attached hydrogen (secondary N) is 2. The van der Waals surface area contributed by atoms with Crippen LogP contribution in [-0.2, 0) is 4.74 Å². The number of aliphatic hydroxyl groups excluding tert-OH is 3. The third-order valence-corrected chi connectivity index (χ3v) is 2.91. The highest BCUT2D eigenvalue weighted by Crippen LogP contribution is 2.26. The molecule has 1 fully saturated rings. The molecule has 11 nitrogen and oxygen atoms in total. The fraction of sp³-hybridized carbons (Fsp3) is 0.556. The van der Waals surface area contributed by atoms with Crippen LogP contribution in [0.3, 0.4) is 0 Å². The predicted molar refractivity (Wildman–Crippen MR) is 63.6 cm³/mol. The zero-order chi connectivity index (χ0) is 14.9. The summed E-state index contributed by atoms with van der Waals surface area (Å²) < 4.78 is 5.16. The standard InChI is InChI=1S/C9H15N5O6/c10-7-4(14(18)19)8(12-2-11-7)13-9-6(17)5(16)3(1-15)20-9/h2-3,5-6,9,14-18H,1H2,(H3,10,11,12,13)/t3-,5-,6-,9-/m1/s1. The Kier molecular flexibility index (Phi) is 4.29. The fourth-order valence-electron chi connectivity index (χ4n) is 1.87. The molecule has 112 valence electrons. The van der Waals surface area contributed by atoms with Crippen molar-refractivity contribution >= 4 is 17.3 Å². The number of anilines is 2. The van der Waals surface area contributed by atoms with Gasteiger partial charge in [0, 0.05) is 0 Å². The van der Waals surface area contributed by atoms with E-state index in [2.05, 4.69) is 15.3 Å². The summed E-state index contributed by atoms with van der Waals surface area (Å²) in [5, 5.41) is 49.6. The van der Waals surface area contributed by atoms with Crippen molar-refractivity contribution in [2.45, 2.75) is 24.5 Å². The van der Waals surface area contributed by atoms with Crippen LogP contribution in [0.2, 0.25) is 0 Å². The van der Waals surface area contributed by atoms with E-state index in [1.165, 1.54) is 0 Å². The minimum Gasteiger partial charge on any atom is -0.595 e. The first kappa shape index (κ1) is 14.8. The van der Waals surface area contributed by atoms with E-state index in [0.29, 0.717) is 0 Å². The molecule has 2 rings (SSSR count). The Hall–Kier alpha value is -1.60. The van der Waals surface area contributed by atoms with Gasteiger partial charge in [0.1, 0.15) is 24.6 Å². The van der Waals surface area contributed by atoms with Gasteiger partial charge in [-0.2, -0.15) is 5.23 Å². The second kappa shape index (κ2) is 5.80. The zero-order valence-corrected chi connectivity index (χ0v) is 10.2. The molecule has 5 atom stereocenters. The second-order valence-corrected chi connectivity index (χ2v) is 4.19. The average molecular weight is 289 g/mol. The van der Waals surface area contributed by atoms with Crippen molar-refractivity contribution in [2.24, 2.45) is 0 Å². The van der Waals surface area contributed by atoms with Gasteiger partial charge in [0.05, 0.1) is 6.61 Å². The number of nitrogen functional groups attached to an aromatic ring is 1. The van der Waals surface area contributed by atoms with Crippen LogP contribution < -0.4 is 16.3 Å². The van der Waals surface area contributed by atoms with Crippen LogP contribution in [0, 0.1) is 5.21 Å². The minimum atomic E-state index is -1.36. The molecule has 2 heterocycles. The Labute approximate surface area is 112 Å². The number of ether oxygens (including phenoxy) is 1. The van der Waals surface area contributed by atoms with Crippen molar-refractivity contribution in [1.82, 2.24) is 9.97 Å². The zero-order valence-electron chi connectivity index (χ0n) is 10.2. The number of nitrogens with two attached hydrogens (primary N) is 1. The van der Waals surface area contributed by atoms with Gasteiger partial charge in [-0.3, -0.25) is 0 Å². The van der Waals surface area contributed by atoms with E-state index in [1.54, 1.807) is 0 Å². The number of hydrogen-bond acceptors (Lipinski definition) is 10. The highest BCUT2D eigenvalue weighted by Gasteiger charge is 2.43. The Morgan fingerprint density at radius 2 is 2.10 bits per heavy atom. The second-order valence-electron chi connectivity index (χ2n) is 4.19. The summed E-state index contributed by atoms with van der Waals surface area (Å²) in [6.07, 6.45) is -3.72. The van der Waals surface area contributed by atoms with E-state index < -0.39 is 36.4 Å². The molecular formula is C9H15N5O6. The van der Waals surface area contributed by atoms with Crippen LogP contribution in [0.4, 0.5) is 17.3 Å². The van der Waals surface area contributed by atoms with Gasteiger partial charge in [0.2, 0.25) is 5.69 Å². The third kappa shape index (κ3) is 2.64. The molecule has 1 aromatic heterocycles. The lowest BCUT2D eigenvalue weighted by atomic mass is 10.1. The molecule has 8 N–H and O–H groups in total. The van der Waals surface area contributed by atoms with Crippen molar-refractivity contribution < 1.29 is 30.5 Å². The predicted octanol–water partition coefficient (Wildman–Crippen LogP) is -3.69. The van der Waals surface area contributed by atoms with E-state index in [0.717, 1.165) is 6.33 Å². The molecule has 0 radical (unpaired) electrons. The first-order valence-electron chi connectivity index (χ1n) is 5.68. The van der Waals surface area contributed by atoms with E-state index in [9.17, 15) is 15.4 Å². The molecule has 0 amide bonds. The molecule has 1 unspecified atom stereocenters. The summed E-state index contributed by atoms with van der Waals surface area (Å²) in [4.78, 5) is 7.27. The number of quaternary nitrogens is 1. The van der Waals surface area contributed by atoms with Gasteiger partial charge in [-0.05, 0) is 0 Å². The minimum absolute atomic E-state index is 0.153. The Bertz CT molecular complexity index is 474. The number of aromatic nitrogens is 2. The summed E-state index contributed by atoms with van der Waals surface area (Å²) in [6.45, 7) is -0.492. The summed E-state index contributed by atoms with van der Waals surface area (Å²) in [5.74, 6) is -0.401. The van der Waals surface area contributed by atoms with Gasteiger partial charge in [0.15, 0.2) is 17.9 Å². The van der Waals surface area contributed by atoms with E-state index in [-0.39, 0.29) is 17.3 Å². The fourth-order valence-corrected chi connectivity index (χ4v) is 1.87. The van der Waals surface area contributed by atoms with Gasteiger partial charge in [0.25, 0.3) is 0 Å². The van der Waals surface area contributed by atoms with Crippen LogP contribution in [0.25, 0.3) is 0 Å². The molecule has 0 bridgehead atoms. The molecular weight excluding hydrogens is 274 g/mol. The Morgan fingerprint density at radius 3 is 2.65 bits per heavy atom. The van der Waals surface area contributed by atoms with Crippen LogP contribution in [-0.4, -0.2) is 61.6 Å². The third-order valence-electron chi connectivity index (χ3n) is 2.91. The number of hydrogen-bond donors (Lipinski definition) is 7. The molecule has 1 saturated heterocycles. The van der Waals surface area contributed by atoms with Gasteiger partial charge in [-0.1, -0.05) is 0 Å². The monoisotopic (exact) mass is 289 g/mol. The maximum Gasteiger partial charge on any atom is 0.249 e. The van der Waals surface area contributed by atoms with Gasteiger partial charge < -0.3 is 36.3 Å². The van der Waals surface area contributed by atoms with Crippen molar-refractivity contribution in [1.29, 1.82) is 0 Å². The smallest absolute Gasteiger partial charge is 0.249 e. The highest BCUT2D eigenvalue weighted by molar-refractivity contribution is 5.67. The van der Waals surface area contributed by atoms with Crippen LogP contribution in [0.1, 0.15) is 0 Å². The Balaban J connectivity index is 2.21. The summed E-state index contributed by atoms with van der Waals surface area (Å²) in [6, 6.07) is 0. The quantitative estimate of drug-likeness (QED) is 0.272. The largest absolute Gasteiger partial charge is 0.595 e. The molecule has 1 aromatic rings. The summed E-state index contributed by atoms with van der Waals surface area (Å²) >= 11 is 0. The van der Waals surface area contributed by atoms with Crippen molar-refractivity contribution in [3.05, 3.63) is 11.5 Å². The average Bonchev–Trinajstić information content (AvgIpc) is 2.66. The van der Waals surface area contributed by atoms with Crippen molar-refractivity contribution in [2.75, 3.05) is 17.7 Å². The first-order chi connectivity index (χ1) is 9.45.